The number of hydrogen-bond donors (Lipinski definition) is 2. The molecule has 6 heteroatoms. The molecule has 0 aromatic rings. The number of halogens is 1. The summed E-state index contributed by atoms with van der Waals surface area (Å²) in [5, 5.41) is 11.0. The van der Waals surface area contributed by atoms with E-state index in [0.717, 1.165) is 6.54 Å². The number of alkyl halides is 1. The van der Waals surface area contributed by atoms with Crippen molar-refractivity contribution in [2.75, 3.05) is 26.7 Å². The molecule has 2 N–H and O–H groups in total. The maximum atomic E-state index is 11.7. The van der Waals surface area contributed by atoms with E-state index in [4.69, 9.17) is 10.1 Å². The molecule has 1 fully saturated rings. The van der Waals surface area contributed by atoms with Gasteiger partial charge in [0.2, 0.25) is 0 Å². The van der Waals surface area contributed by atoms with Gasteiger partial charge in [-0.25, -0.2) is 4.79 Å². The predicted octanol–water partition coefficient (Wildman–Crippen LogP) is 1.86. The normalized spacial score (nSPS) is 18.2. The van der Waals surface area contributed by atoms with Crippen molar-refractivity contribution in [1.29, 1.82) is 5.41 Å². The van der Waals surface area contributed by atoms with Gasteiger partial charge >= 0.3 is 6.09 Å². The molecule has 1 heterocycles. The summed E-state index contributed by atoms with van der Waals surface area (Å²) in [4.78, 5) is 13.4. The third-order valence-corrected chi connectivity index (χ3v) is 3.51. The van der Waals surface area contributed by atoms with Crippen molar-refractivity contribution in [2.24, 2.45) is 5.92 Å². The van der Waals surface area contributed by atoms with Crippen LogP contribution >= 0.6 is 15.9 Å². The summed E-state index contributed by atoms with van der Waals surface area (Å²) in [5.74, 6) is 0.148. The van der Waals surface area contributed by atoms with Crippen LogP contribution < -0.4 is 5.32 Å². The van der Waals surface area contributed by atoms with Crippen LogP contribution in [0, 0.1) is 11.3 Å². The summed E-state index contributed by atoms with van der Waals surface area (Å²) < 4.78 is 5.27. The summed E-state index contributed by atoms with van der Waals surface area (Å²) >= 11 is 3.46. The number of ether oxygens (including phenoxy) is 1. The molecule has 1 aliphatic rings. The molecule has 0 spiro atoms. The molecule has 104 valence electrons. The van der Waals surface area contributed by atoms with Crippen LogP contribution in [0.4, 0.5) is 4.79 Å². The van der Waals surface area contributed by atoms with Crippen molar-refractivity contribution >= 4 is 27.7 Å². The summed E-state index contributed by atoms with van der Waals surface area (Å²) in [6.45, 7) is 7.45. The predicted molar refractivity (Wildman–Crippen MR) is 75.7 cm³/mol. The highest BCUT2D eigenvalue weighted by atomic mass is 79.9. The summed E-state index contributed by atoms with van der Waals surface area (Å²) in [6, 6.07) is 0. The monoisotopic (exact) mass is 319 g/mol. The van der Waals surface area contributed by atoms with Crippen LogP contribution in [0.5, 0.6) is 0 Å². The van der Waals surface area contributed by atoms with Crippen molar-refractivity contribution in [3.8, 4) is 0 Å². The molecule has 1 aliphatic heterocycles. The fourth-order valence-electron chi connectivity index (χ4n) is 1.70. The highest BCUT2D eigenvalue weighted by molar-refractivity contribution is 9.10. The average Bonchev–Trinajstić information content (AvgIpc) is 2.12. The molecule has 0 aromatic heterocycles. The minimum Gasteiger partial charge on any atom is -0.444 e. The molecular weight excluding hydrogens is 298 g/mol. The molecule has 1 saturated heterocycles. The van der Waals surface area contributed by atoms with E-state index in [9.17, 15) is 4.79 Å². The van der Waals surface area contributed by atoms with Crippen molar-refractivity contribution in [1.82, 2.24) is 10.2 Å². The molecule has 1 unspecified atom stereocenters. The largest absolute Gasteiger partial charge is 0.444 e. The highest BCUT2D eigenvalue weighted by Crippen LogP contribution is 2.23. The Bertz CT molecular complexity index is 322. The van der Waals surface area contributed by atoms with Gasteiger partial charge in [0, 0.05) is 31.3 Å². The minimum atomic E-state index is -0.459. The first-order valence-corrected chi connectivity index (χ1v) is 7.01. The quantitative estimate of drug-likeness (QED) is 0.614. The van der Waals surface area contributed by atoms with Gasteiger partial charge in [-0.2, -0.15) is 0 Å². The Morgan fingerprint density at radius 2 is 2.11 bits per heavy atom. The Morgan fingerprint density at radius 3 is 2.56 bits per heavy atom. The number of likely N-dealkylation sites (tertiary alicyclic amines) is 1. The van der Waals surface area contributed by atoms with Gasteiger partial charge in [-0.15, -0.1) is 0 Å². The van der Waals surface area contributed by atoms with Gasteiger partial charge in [0.15, 0.2) is 0 Å². The lowest BCUT2D eigenvalue weighted by molar-refractivity contribution is 0.00675. The average molecular weight is 320 g/mol. The van der Waals surface area contributed by atoms with Crippen molar-refractivity contribution in [2.45, 2.75) is 31.2 Å². The van der Waals surface area contributed by atoms with E-state index in [1.165, 1.54) is 0 Å². The van der Waals surface area contributed by atoms with Crippen LogP contribution in [-0.2, 0) is 4.74 Å². The fourth-order valence-corrected chi connectivity index (χ4v) is 2.39. The second-order valence-electron chi connectivity index (χ2n) is 5.56. The van der Waals surface area contributed by atoms with Crippen molar-refractivity contribution < 1.29 is 9.53 Å². The Kier molecular flexibility index (Phi) is 5.16. The Balaban J connectivity index is 2.35. The number of carbonyl (C=O) groups excluding carboxylic acids is 1. The summed E-state index contributed by atoms with van der Waals surface area (Å²) in [6.07, 6.45) is -0.286. The van der Waals surface area contributed by atoms with E-state index in [0.29, 0.717) is 18.8 Å². The van der Waals surface area contributed by atoms with Crippen LogP contribution in [0.1, 0.15) is 20.8 Å². The molecule has 1 rings (SSSR count). The third-order valence-electron chi connectivity index (χ3n) is 2.69. The molecule has 1 atom stereocenters. The fraction of sp³-hybridized carbons (Fsp3) is 0.833. The van der Waals surface area contributed by atoms with E-state index in [1.807, 2.05) is 27.8 Å². The Labute approximate surface area is 117 Å². The first-order chi connectivity index (χ1) is 8.24. The number of hydrogen-bond acceptors (Lipinski definition) is 4. The van der Waals surface area contributed by atoms with Gasteiger partial charge in [-0.05, 0) is 27.8 Å². The lowest BCUT2D eigenvalue weighted by atomic mass is 9.93. The smallest absolute Gasteiger partial charge is 0.410 e. The van der Waals surface area contributed by atoms with E-state index in [-0.39, 0.29) is 16.8 Å². The minimum absolute atomic E-state index is 0.0355. The van der Waals surface area contributed by atoms with Crippen molar-refractivity contribution in [3.63, 3.8) is 0 Å². The van der Waals surface area contributed by atoms with Gasteiger partial charge in [0.25, 0.3) is 0 Å². The van der Waals surface area contributed by atoms with Gasteiger partial charge in [-0.1, -0.05) is 15.9 Å². The molecule has 0 bridgehead atoms. The number of carbonyl (C=O) groups is 1. The highest BCUT2D eigenvalue weighted by Gasteiger charge is 2.37. The van der Waals surface area contributed by atoms with Gasteiger partial charge in [0.05, 0.1) is 4.83 Å². The topological polar surface area (TPSA) is 65.4 Å². The standard InChI is InChI=1S/C12H22BrN3O2/c1-12(2,3)18-11(17)16-6-8(7-16)10(14)9(13)5-15-4/h8-9,14-15H,5-7H2,1-4H3. The molecular formula is C12H22BrN3O2. The zero-order valence-corrected chi connectivity index (χ0v) is 13.0. The third kappa shape index (κ3) is 4.24. The van der Waals surface area contributed by atoms with Crippen LogP contribution in [0.2, 0.25) is 0 Å². The van der Waals surface area contributed by atoms with Crippen molar-refractivity contribution in [3.05, 3.63) is 0 Å². The molecule has 18 heavy (non-hydrogen) atoms. The maximum Gasteiger partial charge on any atom is 0.410 e. The maximum absolute atomic E-state index is 11.7. The second-order valence-corrected chi connectivity index (χ2v) is 6.67. The summed E-state index contributed by atoms with van der Waals surface area (Å²) in [5.41, 5.74) is 0.184. The molecule has 0 saturated carbocycles. The van der Waals surface area contributed by atoms with Crippen LogP contribution in [0.15, 0.2) is 0 Å². The Morgan fingerprint density at radius 1 is 1.56 bits per heavy atom. The number of amides is 1. The second kappa shape index (κ2) is 6.02. The van der Waals surface area contributed by atoms with E-state index < -0.39 is 5.60 Å². The first-order valence-electron chi connectivity index (χ1n) is 6.09. The van der Waals surface area contributed by atoms with Gasteiger partial charge in [0.1, 0.15) is 5.60 Å². The molecule has 1 amide bonds. The first kappa shape index (κ1) is 15.4. The van der Waals surface area contributed by atoms with Crippen LogP contribution in [-0.4, -0.2) is 53.8 Å². The van der Waals surface area contributed by atoms with Gasteiger partial charge in [-0.3, -0.25) is 0 Å². The molecule has 0 aromatic carbocycles. The number of rotatable bonds is 4. The van der Waals surface area contributed by atoms with Crippen LogP contribution in [0.3, 0.4) is 0 Å². The van der Waals surface area contributed by atoms with E-state index >= 15 is 0 Å². The Hall–Kier alpha value is -0.620. The summed E-state index contributed by atoms with van der Waals surface area (Å²) in [7, 11) is 1.86. The van der Waals surface area contributed by atoms with Crippen LogP contribution in [0.25, 0.3) is 0 Å². The molecule has 0 aliphatic carbocycles. The lowest BCUT2D eigenvalue weighted by Crippen LogP contribution is -2.55. The molecule has 0 radical (unpaired) electrons. The zero-order valence-electron chi connectivity index (χ0n) is 11.4. The number of nitrogens with zero attached hydrogens (tertiary/aromatic N) is 1. The van der Waals surface area contributed by atoms with Gasteiger partial charge < -0.3 is 20.4 Å². The lowest BCUT2D eigenvalue weighted by Gasteiger charge is -2.40. The number of nitrogens with one attached hydrogen (secondary N) is 2. The zero-order chi connectivity index (χ0) is 13.9. The van der Waals surface area contributed by atoms with E-state index in [1.54, 1.807) is 4.90 Å². The van der Waals surface area contributed by atoms with E-state index in [2.05, 4.69) is 21.2 Å². The SMILES string of the molecule is CNCC(Br)C(=N)C1CN(C(=O)OC(C)(C)C)C1. The molecule has 5 nitrogen and oxygen atoms in total.